The second-order valence-electron chi connectivity index (χ2n) is 28.8. The van der Waals surface area contributed by atoms with Crippen molar-refractivity contribution in [2.24, 2.45) is 98.1 Å². The molecule has 1 N–H and O–H groups in total. The first-order valence-corrected chi connectivity index (χ1v) is 31.4. The lowest BCUT2D eigenvalue weighted by Gasteiger charge is -2.64. The van der Waals surface area contributed by atoms with Crippen molar-refractivity contribution in [2.45, 2.75) is 242 Å². The maximum Gasteiger partial charge on any atom is 0.316 e. The summed E-state index contributed by atoms with van der Waals surface area (Å²) in [5.41, 5.74) is -3.03. The van der Waals surface area contributed by atoms with Gasteiger partial charge in [0.2, 0.25) is 0 Å². The Morgan fingerprint density at radius 1 is 0.470 bits per heavy atom. The molecule has 8 aliphatic carbocycles. The number of carbonyl (C=O) groups is 9. The lowest BCUT2D eigenvalue weighted by Crippen LogP contribution is -2.63. The number of carboxylic acids is 1. The molecule has 0 aromatic rings. The number of hydrogen-bond donors (Lipinski definition) is 1. The summed E-state index contributed by atoms with van der Waals surface area (Å²) in [5, 5.41) is 10.4. The van der Waals surface area contributed by atoms with Crippen LogP contribution < -0.4 is 0 Å². The van der Waals surface area contributed by atoms with Crippen molar-refractivity contribution in [3.8, 4) is 0 Å². The van der Waals surface area contributed by atoms with E-state index in [4.69, 9.17) is 37.9 Å². The van der Waals surface area contributed by atoms with Crippen LogP contribution in [-0.2, 0) is 81.0 Å². The summed E-state index contributed by atoms with van der Waals surface area (Å²) >= 11 is 0. The van der Waals surface area contributed by atoms with E-state index < -0.39 is 59.6 Å². The average Bonchev–Trinajstić information content (AvgIpc) is 1.77. The van der Waals surface area contributed by atoms with Gasteiger partial charge >= 0.3 is 53.7 Å². The van der Waals surface area contributed by atoms with E-state index in [9.17, 15) is 48.3 Å². The van der Waals surface area contributed by atoms with Crippen molar-refractivity contribution in [3.05, 3.63) is 0 Å². The van der Waals surface area contributed by atoms with Gasteiger partial charge in [-0.25, -0.2) is 0 Å². The molecule has 466 valence electrons. The molecule has 0 aromatic carbocycles. The van der Waals surface area contributed by atoms with Crippen LogP contribution in [0.2, 0.25) is 0 Å². The van der Waals surface area contributed by atoms with E-state index in [0.29, 0.717) is 51.4 Å². The van der Waals surface area contributed by atoms with Crippen molar-refractivity contribution in [1.82, 2.24) is 0 Å². The second-order valence-corrected chi connectivity index (χ2v) is 28.8. The van der Waals surface area contributed by atoms with Gasteiger partial charge in [0.05, 0.1) is 0 Å². The van der Waals surface area contributed by atoms with E-state index >= 15 is 0 Å². The van der Waals surface area contributed by atoms with Crippen molar-refractivity contribution in [3.63, 3.8) is 0 Å². The van der Waals surface area contributed by atoms with Crippen molar-refractivity contribution >= 4 is 53.7 Å². The fourth-order valence-corrected chi connectivity index (χ4v) is 20.1. The van der Waals surface area contributed by atoms with Crippen LogP contribution in [-0.4, -0.2) is 109 Å². The number of ether oxygens (including phenoxy) is 8. The minimum Gasteiger partial charge on any atom is -0.481 e. The Morgan fingerprint density at radius 2 is 0.819 bits per heavy atom. The zero-order valence-corrected chi connectivity index (χ0v) is 51.9. The molecule has 8 aliphatic rings. The van der Waals surface area contributed by atoms with Gasteiger partial charge in [-0.2, -0.15) is 0 Å². The highest BCUT2D eigenvalue weighted by Crippen LogP contribution is 2.71. The Bertz CT molecular complexity index is 2320. The lowest BCUT2D eigenvalue weighted by molar-refractivity contribution is -0.225. The standard InChI is InChI=1S/C65H98O18/c1-34(46-16-18-48-58-50(30-54(64(46,48)12)82-40(7)70)62(10)24-22-44(78-36(3)66)26-42(62)28-52(58)80-38(5)68)14-20-56(72)76-32-61(9,60(74)75)33-77-57(73)21-15-35(2)47-17-19-49-59-51(31-55(65(47,49)13)83-41(8)71)63(11)25-23-45(79-37(4)67)27-43(63)29-53(59)81-39(6)69/h34-35,42-55,58-59H,14-33H2,1-13H3,(H,74,75)/t34-,35-,42-,43-,44-,45-,46-,47-,48+,49+,50+,51+,52-,53-,54+,55+,58+,59+,62+,63+,64-,65-/m1/s1. The number of carboxylic acid groups (broad SMARTS) is 1. The first-order chi connectivity index (χ1) is 38.8. The third-order valence-electron chi connectivity index (χ3n) is 24.0. The topological polar surface area (TPSA) is 248 Å². The zero-order valence-electron chi connectivity index (χ0n) is 51.9. The first kappa shape index (κ1) is 64.2. The van der Waals surface area contributed by atoms with E-state index in [0.717, 1.165) is 51.4 Å². The van der Waals surface area contributed by atoms with Crippen molar-refractivity contribution < 1.29 is 86.2 Å². The SMILES string of the molecule is CC(=O)O[C@@H]1CC[C@@]2(C)[C@H](C1)C[C@@H](OC(C)=O)[C@@H]1[C@@H]2C[C@H](OC(C)=O)[C@]2(C)[C@@H]([C@H](C)CCC(=O)OCC(C)(COC(=O)CC[C@@H](C)[C@H]3CC[C@H]4[C@@H]5[C@H](OC(C)=O)C[C@H]6C[C@H](OC(C)=O)CC[C@]6(C)[C@H]5C[C@H](OC(C)=O)[C@]34C)C(=O)O)CC[C@@H]12. The molecule has 0 radical (unpaired) electrons. The van der Waals surface area contributed by atoms with Crippen molar-refractivity contribution in [1.29, 1.82) is 0 Å². The largest absolute Gasteiger partial charge is 0.481 e. The molecule has 0 spiro atoms. The van der Waals surface area contributed by atoms with Crippen LogP contribution in [0.15, 0.2) is 0 Å². The smallest absolute Gasteiger partial charge is 0.316 e. The van der Waals surface area contributed by atoms with Crippen LogP contribution in [0.25, 0.3) is 0 Å². The van der Waals surface area contributed by atoms with Crippen LogP contribution in [0.3, 0.4) is 0 Å². The number of hydrogen-bond acceptors (Lipinski definition) is 17. The maximum atomic E-state index is 13.6. The molecule has 0 aliphatic heterocycles. The quantitative estimate of drug-likeness (QED) is 0.0933. The minimum absolute atomic E-state index is 0.0123. The highest BCUT2D eigenvalue weighted by atomic mass is 16.6. The monoisotopic (exact) mass is 1170 g/mol. The van der Waals surface area contributed by atoms with Gasteiger partial charge in [-0.05, 0) is 180 Å². The molecule has 18 nitrogen and oxygen atoms in total. The molecule has 0 aromatic heterocycles. The lowest BCUT2D eigenvalue weighted by atomic mass is 9.43. The molecule has 0 unspecified atom stereocenters. The molecule has 22 atom stereocenters. The van der Waals surface area contributed by atoms with Gasteiger partial charge in [0.25, 0.3) is 0 Å². The molecule has 8 saturated carbocycles. The predicted molar refractivity (Wildman–Crippen MR) is 300 cm³/mol. The number of esters is 8. The Morgan fingerprint density at radius 3 is 1.14 bits per heavy atom. The molecular formula is C65H98O18. The zero-order chi connectivity index (χ0) is 60.9. The molecular weight excluding hydrogens is 1070 g/mol. The normalized spacial score (nSPS) is 40.9. The summed E-state index contributed by atoms with van der Waals surface area (Å²) < 4.78 is 47.9. The van der Waals surface area contributed by atoms with Gasteiger partial charge in [0.15, 0.2) is 0 Å². The molecule has 0 amide bonds. The van der Waals surface area contributed by atoms with Crippen LogP contribution >= 0.6 is 0 Å². The van der Waals surface area contributed by atoms with E-state index in [2.05, 4.69) is 41.5 Å². The van der Waals surface area contributed by atoms with E-state index in [1.54, 1.807) is 0 Å². The highest BCUT2D eigenvalue weighted by Gasteiger charge is 2.70. The van der Waals surface area contributed by atoms with Crippen LogP contribution in [0, 0.1) is 98.1 Å². The molecule has 8 rings (SSSR count). The fourth-order valence-electron chi connectivity index (χ4n) is 20.1. The minimum atomic E-state index is -1.73. The molecule has 8 fully saturated rings. The summed E-state index contributed by atoms with van der Waals surface area (Å²) in [7, 11) is 0. The highest BCUT2D eigenvalue weighted by molar-refractivity contribution is 5.77. The Balaban J connectivity index is 0.868. The number of aliphatic carboxylic acids is 1. The van der Waals surface area contributed by atoms with Crippen molar-refractivity contribution in [2.75, 3.05) is 13.2 Å². The van der Waals surface area contributed by atoms with Gasteiger partial charge in [0.1, 0.15) is 55.3 Å². The fraction of sp³-hybridized carbons (Fsp3) is 0.862. The molecule has 0 saturated heterocycles. The summed E-state index contributed by atoms with van der Waals surface area (Å²) in [6, 6.07) is 0. The van der Waals surface area contributed by atoms with Gasteiger partial charge in [-0.15, -0.1) is 0 Å². The Labute approximate surface area is 491 Å². The van der Waals surface area contributed by atoms with E-state index in [1.165, 1.54) is 48.5 Å². The van der Waals surface area contributed by atoms with Gasteiger partial charge < -0.3 is 43.0 Å². The Kier molecular flexibility index (Phi) is 19.3. The summed E-state index contributed by atoms with van der Waals surface area (Å²) in [6.07, 6.45) is 9.29. The van der Waals surface area contributed by atoms with Crippen LogP contribution in [0.5, 0.6) is 0 Å². The maximum absolute atomic E-state index is 13.6. The predicted octanol–water partition coefficient (Wildman–Crippen LogP) is 10.3. The van der Waals surface area contributed by atoms with Crippen LogP contribution in [0.1, 0.15) is 206 Å². The second kappa shape index (κ2) is 24.9. The Hall–Kier alpha value is -4.77. The molecule has 0 heterocycles. The number of fused-ring (bicyclic) bond motifs is 10. The molecule has 83 heavy (non-hydrogen) atoms. The molecule has 0 bridgehead atoms. The summed E-state index contributed by atoms with van der Waals surface area (Å²) in [6.45, 7) is 22.2. The summed E-state index contributed by atoms with van der Waals surface area (Å²) in [5.74, 6) is -3.81. The van der Waals surface area contributed by atoms with Gasteiger partial charge in [-0.3, -0.25) is 43.2 Å². The summed E-state index contributed by atoms with van der Waals surface area (Å²) in [4.78, 5) is 115. The average molecular weight is 1170 g/mol. The third kappa shape index (κ3) is 12.7. The van der Waals surface area contributed by atoms with Gasteiger partial charge in [-0.1, -0.05) is 41.5 Å². The van der Waals surface area contributed by atoms with E-state index in [1.807, 2.05) is 0 Å². The van der Waals surface area contributed by atoms with Gasteiger partial charge in [0, 0.05) is 77.0 Å². The molecule has 18 heteroatoms. The van der Waals surface area contributed by atoms with E-state index in [-0.39, 0.29) is 155 Å². The number of rotatable bonds is 19. The van der Waals surface area contributed by atoms with Crippen LogP contribution in [0.4, 0.5) is 0 Å². The third-order valence-corrected chi connectivity index (χ3v) is 24.0. The number of carbonyl (C=O) groups excluding carboxylic acids is 8. The first-order valence-electron chi connectivity index (χ1n) is 31.4.